The number of hydrogen-bond acceptors (Lipinski definition) is 33. The van der Waals surface area contributed by atoms with Gasteiger partial charge in [0.05, 0.1) is 217 Å². The number of likely N-dealkylation sites (N-methyl/N-ethyl adjacent to an activating group) is 1. The van der Waals surface area contributed by atoms with E-state index in [4.69, 9.17) is 43.2 Å². The number of nitrogens with one attached hydrogen (secondary N) is 4. The average Bonchev–Trinajstić information content (AvgIpc) is 0.752. The van der Waals surface area contributed by atoms with Crippen LogP contribution in [0.15, 0.2) is 121 Å². The number of rotatable bonds is 29. The second kappa shape index (κ2) is 47.8. The summed E-state index contributed by atoms with van der Waals surface area (Å²) in [7, 11) is 12.3. The van der Waals surface area contributed by atoms with Gasteiger partial charge in [0.2, 0.25) is 31.2 Å². The van der Waals surface area contributed by atoms with E-state index < -0.39 is 49.0 Å². The Morgan fingerprint density at radius 3 is 0.970 bits per heavy atom. The molecule has 39 nitrogen and oxygen atoms in total. The van der Waals surface area contributed by atoms with Crippen molar-refractivity contribution in [3.8, 4) is 5.75 Å². The molecule has 43 heteroatoms. The maximum Gasteiger partial charge on any atom is 0.340 e. The zero-order valence-corrected chi connectivity index (χ0v) is 82.2. The van der Waals surface area contributed by atoms with Crippen molar-refractivity contribution in [3.05, 3.63) is 233 Å². The molecule has 2 amide bonds. The molecule has 4 aliphatic carbocycles. The third-order valence-corrected chi connectivity index (χ3v) is 22.1. The van der Waals surface area contributed by atoms with E-state index in [-0.39, 0.29) is 179 Å². The lowest BCUT2D eigenvalue weighted by atomic mass is 9.81. The van der Waals surface area contributed by atoms with Crippen LogP contribution in [0.1, 0.15) is 197 Å². The number of amides is 2. The normalized spacial score (nSPS) is 12.8. The minimum Gasteiger partial charge on any atom is -1.00 e. The minimum atomic E-state index is -4.41. The largest absolute Gasteiger partial charge is 1.00 e. The molecule has 0 bridgehead atoms. The topological polar surface area (TPSA) is 604 Å². The molecule has 0 spiro atoms. The van der Waals surface area contributed by atoms with Crippen molar-refractivity contribution in [2.24, 2.45) is 5.73 Å². The number of aliphatic hydroxyl groups is 1. The number of aryl methyl sites for hydroxylation is 1. The van der Waals surface area contributed by atoms with E-state index in [1.54, 1.807) is 110 Å². The van der Waals surface area contributed by atoms with E-state index in [1.165, 1.54) is 18.2 Å². The van der Waals surface area contributed by atoms with Gasteiger partial charge in [0.25, 0.3) is 11.8 Å². The predicted octanol–water partition coefficient (Wildman–Crippen LogP) is 2.77. The van der Waals surface area contributed by atoms with Crippen molar-refractivity contribution >= 4 is 135 Å². The molecule has 12 rings (SSSR count). The number of fused-ring (bicyclic) bond motifs is 8. The second-order valence-corrected chi connectivity index (χ2v) is 37.5. The summed E-state index contributed by atoms with van der Waals surface area (Å²) in [5.74, 6) is -3.85. The molecule has 8 aromatic carbocycles. The van der Waals surface area contributed by atoms with Crippen LogP contribution in [0.4, 0.5) is 39.8 Å². The summed E-state index contributed by atoms with van der Waals surface area (Å²) in [6.07, 6.45) is 2.52. The molecule has 0 unspecified atom stereocenters. The van der Waals surface area contributed by atoms with Gasteiger partial charge in [0.1, 0.15) is 18.9 Å². The first-order valence-corrected chi connectivity index (χ1v) is 45.4. The zero-order valence-electron chi connectivity index (χ0n) is 77.6. The highest BCUT2D eigenvalue weighted by molar-refractivity contribution is 7.81. The van der Waals surface area contributed by atoms with Gasteiger partial charge >= 0.3 is 5.97 Å². The fraction of sp³-hybridized carbons (Fsp3) is 0.352. The molecule has 0 aliphatic heterocycles. The molecule has 0 atom stereocenters. The predicted molar refractivity (Wildman–Crippen MR) is 496 cm³/mol. The van der Waals surface area contributed by atoms with Gasteiger partial charge in [-0.1, -0.05) is 97.1 Å². The van der Waals surface area contributed by atoms with Gasteiger partial charge in [0, 0.05) is 113 Å². The Hall–Kier alpha value is -11.9. The molecule has 15 N–H and O–H groups in total. The van der Waals surface area contributed by atoms with Gasteiger partial charge < -0.3 is 120 Å². The Labute approximate surface area is 796 Å². The fourth-order valence-electron chi connectivity index (χ4n) is 13.8. The van der Waals surface area contributed by atoms with Crippen LogP contribution in [0.25, 0.3) is 0 Å². The van der Waals surface area contributed by atoms with Gasteiger partial charge in [-0.05, 0) is 50.6 Å². The van der Waals surface area contributed by atoms with Crippen molar-refractivity contribution in [1.29, 1.82) is 0 Å². The SMILES string of the molecule is CCOC(=O)c1cc(NCCC[N+](C)(C)CC)c2c(c1N)C(=O)c1ccccc1C2=O.COS(=O)(=O)[O-].COS(=O)(=O)[O-].COS(=O)(=O)[O-].C[N+](C)(C)CCCNc1cc(C(=O)NCCO)c(N)c2c1C(=O)c1ccccc1C2=O.C[N+](C)(C)CCCNc1cc(C(N)=O)c(N)c2c1C(=O)c1ccccc1C2=O.Cc1cc(OCC[N+](C)(C)C)c2c(c1N)C(=O)c1ccccc1C2=O.[I-]. The highest BCUT2D eigenvalue weighted by Crippen LogP contribution is 2.43. The van der Waals surface area contributed by atoms with E-state index in [9.17, 15) is 91.7 Å². The first-order valence-electron chi connectivity index (χ1n) is 41.4. The summed E-state index contributed by atoms with van der Waals surface area (Å²) in [5.41, 5.74) is 36.6. The third-order valence-electron chi connectivity index (χ3n) is 20.9. The molecule has 0 saturated carbocycles. The lowest BCUT2D eigenvalue weighted by molar-refractivity contribution is -0.888. The highest BCUT2D eigenvalue weighted by Gasteiger charge is 2.41. The summed E-state index contributed by atoms with van der Waals surface area (Å²) in [6, 6.07) is 33.0. The summed E-state index contributed by atoms with van der Waals surface area (Å²) in [6.45, 7) is 12.4. The van der Waals surface area contributed by atoms with E-state index >= 15 is 0 Å². The summed E-state index contributed by atoms with van der Waals surface area (Å²) in [4.78, 5) is 142. The van der Waals surface area contributed by atoms with Gasteiger partial charge in [-0.25, -0.2) is 30.0 Å². The maximum atomic E-state index is 13.3. The lowest BCUT2D eigenvalue weighted by Gasteiger charge is -2.28. The number of nitrogen functional groups attached to an aromatic ring is 4. The number of anilines is 7. The number of quaternary nitrogens is 4. The summed E-state index contributed by atoms with van der Waals surface area (Å²) >= 11 is 0. The smallest absolute Gasteiger partial charge is 0.340 e. The van der Waals surface area contributed by atoms with Gasteiger partial charge in [-0.15, -0.1) is 0 Å². The standard InChI is InChI=1S/C24H29N3O4.C23H28N4O4.C21H24N4O3.C20H22N2O3.3CH4O4S.HI/c1-5-27(3,4)13-9-12-26-18-14-17(24(30)31-6-2)21(25)20-19(18)22(28)15-10-7-8-11-16(15)23(20)29;1-27(2,3)11-6-9-25-17-13-16(23(31)26-10-12-28)20(24)19-18(17)21(29)14-7-4-5-8-15(14)22(19)30;1-25(2,3)10-6-9-24-15-11-14(21(23)28)18(22)17-16(15)19(26)12-7-4-5-8-13(12)20(17)27;1-12-11-15(25-10-9-22(2,3)4)16-17(18(12)21)20(24)14-8-6-5-7-13(14)19(16)23;3*1-5-6(2,3)4;/h7-8,10-11,14H,5-6,9,12-13H2,1-4H3,(H2-,25,26,28,29,30);4-5,7-8,13,28H,6,9-12H2,1-3H3,(H3-,24,25,26,29,30,31);4-5,7-8,11H,6,9-10H2,1-3H3,(H4-,22,23,24,26,27,28);5-8,11H,9-10H2,1-4H3,(H-,21,24);3*1H3,(H,2,3,4);1H. The number of ketones is 8. The number of primary amides is 1. The van der Waals surface area contributed by atoms with E-state index in [1.807, 2.05) is 6.92 Å². The van der Waals surface area contributed by atoms with Crippen LogP contribution >= 0.6 is 0 Å². The van der Waals surface area contributed by atoms with Crippen molar-refractivity contribution < 1.29 is 161 Å². The summed E-state index contributed by atoms with van der Waals surface area (Å²) < 4.78 is 107. The first-order chi connectivity index (χ1) is 61.9. The van der Waals surface area contributed by atoms with Crippen molar-refractivity contribution in [2.75, 3.05) is 216 Å². The van der Waals surface area contributed by atoms with E-state index in [0.717, 1.165) is 96.8 Å². The van der Waals surface area contributed by atoms with Crippen LogP contribution in [0.2, 0.25) is 0 Å². The van der Waals surface area contributed by atoms with Crippen LogP contribution in [-0.4, -0.2) is 304 Å². The average molecular weight is 2030 g/mol. The molecule has 0 radical (unpaired) electrons. The molecule has 0 aromatic heterocycles. The molecule has 0 saturated heterocycles. The van der Waals surface area contributed by atoms with Crippen LogP contribution in [0, 0.1) is 6.92 Å². The third kappa shape index (κ3) is 30.0. The molecular formula is C91H116IN13O26S3. The van der Waals surface area contributed by atoms with Crippen LogP contribution in [0.5, 0.6) is 5.75 Å². The highest BCUT2D eigenvalue weighted by atomic mass is 127. The Morgan fingerprint density at radius 2 is 0.679 bits per heavy atom. The quantitative estimate of drug-likeness (QED) is 0.00613. The number of halogens is 1. The monoisotopic (exact) mass is 2030 g/mol. The van der Waals surface area contributed by atoms with Crippen LogP contribution in [-0.2, 0) is 48.5 Å². The fourth-order valence-corrected chi connectivity index (χ4v) is 13.8. The first kappa shape index (κ1) is 113. The molecule has 134 heavy (non-hydrogen) atoms. The van der Waals surface area contributed by atoms with Crippen LogP contribution in [0.3, 0.4) is 0 Å². The van der Waals surface area contributed by atoms with Gasteiger partial charge in [-0.2, -0.15) is 0 Å². The number of carbonyl (C=O) groups excluding carboxylic acids is 11. The van der Waals surface area contributed by atoms with Gasteiger partial charge in [0.15, 0.2) is 46.3 Å². The van der Waals surface area contributed by atoms with Crippen molar-refractivity contribution in [3.63, 3.8) is 0 Å². The Morgan fingerprint density at radius 1 is 0.403 bits per heavy atom. The number of hydrogen-bond donors (Lipinski definition) is 10. The summed E-state index contributed by atoms with van der Waals surface area (Å²) in [5, 5.41) is 21.3. The molecule has 0 fully saturated rings. The second-order valence-electron chi connectivity index (χ2n) is 34.1. The Kier molecular flexibility index (Phi) is 40.2. The van der Waals surface area contributed by atoms with Crippen molar-refractivity contribution in [2.45, 2.75) is 40.0 Å². The molecule has 0 heterocycles. The number of aliphatic hydroxyl groups excluding tert-OH is 1. The zero-order chi connectivity index (χ0) is 100. The minimum absolute atomic E-state index is 0. The number of esters is 1. The van der Waals surface area contributed by atoms with E-state index in [2.05, 4.69) is 118 Å². The Bertz CT molecular complexity index is 6090. The maximum absolute atomic E-state index is 13.3. The van der Waals surface area contributed by atoms with Crippen molar-refractivity contribution in [1.82, 2.24) is 5.32 Å². The molecule has 726 valence electrons. The number of carbonyl (C=O) groups is 11. The van der Waals surface area contributed by atoms with Gasteiger partial charge in [-0.3, -0.25) is 60.5 Å². The lowest BCUT2D eigenvalue weighted by Crippen LogP contribution is -3.00. The van der Waals surface area contributed by atoms with Crippen LogP contribution < -0.4 is 78.6 Å². The molecular weight excluding hydrogens is 1910 g/mol. The number of nitrogens with zero attached hydrogens (tertiary/aromatic N) is 4. The van der Waals surface area contributed by atoms with E-state index in [0.29, 0.717) is 88.1 Å². The Balaban J connectivity index is 0.000000296. The number of nitrogens with two attached hydrogens (primary N) is 5. The molecule has 4 aliphatic rings. The number of benzene rings is 8. The number of ether oxygens (including phenoxy) is 2. The molecule has 8 aromatic rings.